The van der Waals surface area contributed by atoms with Gasteiger partial charge in [-0.25, -0.2) is 4.98 Å². The molecule has 0 bridgehead atoms. The third kappa shape index (κ3) is 3.34. The topological polar surface area (TPSA) is 67.2 Å². The molecule has 2 N–H and O–H groups in total. The number of hydrogen-bond donors (Lipinski definition) is 2. The van der Waals surface area contributed by atoms with E-state index in [0.29, 0.717) is 6.54 Å². The molecule has 0 radical (unpaired) electrons. The van der Waals surface area contributed by atoms with Gasteiger partial charge in [0.1, 0.15) is 11.8 Å². The number of phenols is 1. The Morgan fingerprint density at radius 2 is 1.96 bits per heavy atom. The Balaban J connectivity index is 1.60. The number of phenolic OH excluding ortho intramolecular Hbond substituents is 1. The average molecular weight is 309 g/mol. The van der Waals surface area contributed by atoms with Crippen molar-refractivity contribution in [3.8, 4) is 5.75 Å². The Hall–Kier alpha value is -2.82. The van der Waals surface area contributed by atoms with Crippen LogP contribution in [0, 0.1) is 0 Å². The monoisotopic (exact) mass is 309 g/mol. The second-order valence-corrected chi connectivity index (χ2v) is 5.52. The summed E-state index contributed by atoms with van der Waals surface area (Å²) in [5.74, 6) is 0.213. The number of carbonyl (C=O) groups excluding carboxylic acids is 1. The molecule has 0 aliphatic carbocycles. The smallest absolute Gasteiger partial charge is 0.242 e. The van der Waals surface area contributed by atoms with Gasteiger partial charge in [-0.2, -0.15) is 0 Å². The summed E-state index contributed by atoms with van der Waals surface area (Å²) in [4.78, 5) is 16.6. The third-order valence-corrected chi connectivity index (χ3v) is 3.93. The van der Waals surface area contributed by atoms with Crippen LogP contribution in [-0.2, 0) is 11.2 Å². The molecule has 0 saturated carbocycles. The first-order valence-corrected chi connectivity index (χ1v) is 7.62. The number of para-hydroxylation sites is 2. The molecule has 1 atom stereocenters. The maximum Gasteiger partial charge on any atom is 0.242 e. The van der Waals surface area contributed by atoms with Gasteiger partial charge in [0.05, 0.1) is 17.4 Å². The molecule has 1 unspecified atom stereocenters. The van der Waals surface area contributed by atoms with Gasteiger partial charge < -0.3 is 15.0 Å². The highest BCUT2D eigenvalue weighted by Crippen LogP contribution is 2.17. The van der Waals surface area contributed by atoms with Gasteiger partial charge >= 0.3 is 0 Å². The van der Waals surface area contributed by atoms with Gasteiger partial charge in [0, 0.05) is 6.54 Å². The third-order valence-electron chi connectivity index (χ3n) is 3.93. The van der Waals surface area contributed by atoms with E-state index in [0.717, 1.165) is 23.0 Å². The van der Waals surface area contributed by atoms with Crippen LogP contribution in [0.2, 0.25) is 0 Å². The number of fused-ring (bicyclic) bond motifs is 1. The number of imidazole rings is 1. The van der Waals surface area contributed by atoms with E-state index in [1.165, 1.54) is 0 Å². The van der Waals surface area contributed by atoms with E-state index >= 15 is 0 Å². The van der Waals surface area contributed by atoms with E-state index in [9.17, 15) is 9.90 Å². The second kappa shape index (κ2) is 6.52. The highest BCUT2D eigenvalue weighted by Gasteiger charge is 2.16. The number of hydrogen-bond acceptors (Lipinski definition) is 3. The number of aromatic hydroxyl groups is 1. The van der Waals surface area contributed by atoms with Crippen LogP contribution in [0.3, 0.4) is 0 Å². The zero-order chi connectivity index (χ0) is 16.2. The molecule has 0 aliphatic heterocycles. The van der Waals surface area contributed by atoms with Gasteiger partial charge in [0.15, 0.2) is 0 Å². The number of nitrogens with one attached hydrogen (secondary N) is 1. The lowest BCUT2D eigenvalue weighted by molar-refractivity contribution is -0.123. The summed E-state index contributed by atoms with van der Waals surface area (Å²) in [6.07, 6.45) is 2.43. The Kier molecular flexibility index (Phi) is 4.28. The van der Waals surface area contributed by atoms with Crippen LogP contribution >= 0.6 is 0 Å². The van der Waals surface area contributed by atoms with E-state index < -0.39 is 0 Å². The minimum absolute atomic E-state index is 0.0352. The summed E-state index contributed by atoms with van der Waals surface area (Å²) >= 11 is 0. The van der Waals surface area contributed by atoms with Gasteiger partial charge in [-0.3, -0.25) is 4.79 Å². The normalized spacial score (nSPS) is 12.2. The predicted octanol–water partition coefficient (Wildman–Crippen LogP) is 2.66. The molecule has 0 saturated heterocycles. The molecule has 23 heavy (non-hydrogen) atoms. The van der Waals surface area contributed by atoms with Crippen LogP contribution in [0.25, 0.3) is 11.0 Å². The van der Waals surface area contributed by atoms with Crippen LogP contribution in [-0.4, -0.2) is 27.1 Å². The molecule has 118 valence electrons. The molecular weight excluding hydrogens is 290 g/mol. The lowest BCUT2D eigenvalue weighted by Gasteiger charge is -2.14. The van der Waals surface area contributed by atoms with Crippen molar-refractivity contribution in [3.05, 3.63) is 60.4 Å². The van der Waals surface area contributed by atoms with Gasteiger partial charge in [-0.1, -0.05) is 24.3 Å². The summed E-state index contributed by atoms with van der Waals surface area (Å²) < 4.78 is 1.88. The molecule has 5 heteroatoms. The zero-order valence-electron chi connectivity index (χ0n) is 12.9. The molecular formula is C18H19N3O2. The van der Waals surface area contributed by atoms with Crippen molar-refractivity contribution in [3.63, 3.8) is 0 Å². The van der Waals surface area contributed by atoms with Crippen molar-refractivity contribution in [2.45, 2.75) is 19.4 Å². The first-order chi connectivity index (χ1) is 11.1. The van der Waals surface area contributed by atoms with Gasteiger partial charge in [-0.05, 0) is 43.2 Å². The summed E-state index contributed by atoms with van der Waals surface area (Å²) in [7, 11) is 0. The Labute approximate surface area is 134 Å². The van der Waals surface area contributed by atoms with Gasteiger partial charge in [0.2, 0.25) is 5.91 Å². The molecule has 0 fully saturated rings. The standard InChI is InChI=1S/C18H19N3O2/c1-13(21-12-20-16-4-2-3-5-17(16)21)18(23)19-11-10-14-6-8-15(22)9-7-14/h2-9,12-13,22H,10-11H2,1H3,(H,19,23). The quantitative estimate of drug-likeness (QED) is 0.761. The van der Waals surface area contributed by atoms with E-state index in [2.05, 4.69) is 10.3 Å². The summed E-state index contributed by atoms with van der Waals surface area (Å²) in [5.41, 5.74) is 2.91. The SMILES string of the molecule is CC(C(=O)NCCc1ccc(O)cc1)n1cnc2ccccc21. The van der Waals surface area contributed by atoms with Crippen LogP contribution < -0.4 is 5.32 Å². The lowest BCUT2D eigenvalue weighted by Crippen LogP contribution is -2.32. The van der Waals surface area contributed by atoms with E-state index in [1.54, 1.807) is 18.5 Å². The average Bonchev–Trinajstić information content (AvgIpc) is 3.00. The number of rotatable bonds is 5. The number of aromatic nitrogens is 2. The van der Waals surface area contributed by atoms with Gasteiger partial charge in [-0.15, -0.1) is 0 Å². The molecule has 5 nitrogen and oxygen atoms in total. The molecule has 3 rings (SSSR count). The number of carbonyl (C=O) groups is 1. The molecule has 1 heterocycles. The maximum atomic E-state index is 12.3. The van der Waals surface area contributed by atoms with Crippen molar-refractivity contribution >= 4 is 16.9 Å². The van der Waals surface area contributed by atoms with Crippen molar-refractivity contribution in [2.75, 3.05) is 6.54 Å². The molecule has 3 aromatic rings. The first kappa shape index (κ1) is 15.1. The van der Waals surface area contributed by atoms with Crippen molar-refractivity contribution < 1.29 is 9.90 Å². The van der Waals surface area contributed by atoms with E-state index in [-0.39, 0.29) is 17.7 Å². The predicted molar refractivity (Wildman–Crippen MR) is 89.3 cm³/mol. The minimum Gasteiger partial charge on any atom is -0.508 e. The van der Waals surface area contributed by atoms with Crippen LogP contribution in [0.1, 0.15) is 18.5 Å². The molecule has 0 spiro atoms. The molecule has 1 amide bonds. The Morgan fingerprint density at radius 1 is 1.22 bits per heavy atom. The van der Waals surface area contributed by atoms with E-state index in [4.69, 9.17) is 0 Å². The fraction of sp³-hybridized carbons (Fsp3) is 0.222. The second-order valence-electron chi connectivity index (χ2n) is 5.52. The number of nitrogens with zero attached hydrogens (tertiary/aromatic N) is 2. The Morgan fingerprint density at radius 3 is 2.74 bits per heavy atom. The molecule has 2 aromatic carbocycles. The van der Waals surface area contributed by atoms with Crippen molar-refractivity contribution in [2.24, 2.45) is 0 Å². The highest BCUT2D eigenvalue weighted by molar-refractivity contribution is 5.83. The highest BCUT2D eigenvalue weighted by atomic mass is 16.3. The fourth-order valence-corrected chi connectivity index (χ4v) is 2.55. The minimum atomic E-state index is -0.317. The van der Waals surface area contributed by atoms with Crippen molar-refractivity contribution in [1.29, 1.82) is 0 Å². The lowest BCUT2D eigenvalue weighted by atomic mass is 10.1. The Bertz CT molecular complexity index is 809. The summed E-state index contributed by atoms with van der Waals surface area (Å²) in [6, 6.07) is 14.5. The first-order valence-electron chi connectivity index (χ1n) is 7.62. The molecule has 1 aromatic heterocycles. The van der Waals surface area contributed by atoms with Gasteiger partial charge in [0.25, 0.3) is 0 Å². The molecule has 0 aliphatic rings. The number of amides is 1. The zero-order valence-corrected chi connectivity index (χ0v) is 12.9. The maximum absolute atomic E-state index is 12.3. The van der Waals surface area contributed by atoms with Crippen molar-refractivity contribution in [1.82, 2.24) is 14.9 Å². The van der Waals surface area contributed by atoms with Crippen LogP contribution in [0.4, 0.5) is 0 Å². The van der Waals surface area contributed by atoms with Crippen LogP contribution in [0.15, 0.2) is 54.9 Å². The summed E-state index contributed by atoms with van der Waals surface area (Å²) in [5, 5.41) is 12.2. The summed E-state index contributed by atoms with van der Waals surface area (Å²) in [6.45, 7) is 2.42. The van der Waals surface area contributed by atoms with E-state index in [1.807, 2.05) is 47.9 Å². The largest absolute Gasteiger partial charge is 0.508 e. The van der Waals surface area contributed by atoms with Crippen LogP contribution in [0.5, 0.6) is 5.75 Å². The number of benzene rings is 2. The fourth-order valence-electron chi connectivity index (χ4n) is 2.55.